The number of methoxy groups -OCH3 is 1. The molecule has 0 spiro atoms. The number of benzene rings is 1. The Hall–Kier alpha value is -1.64. The number of rotatable bonds is 5. The Kier molecular flexibility index (Phi) is 4.32. The molecule has 0 bridgehead atoms. The summed E-state index contributed by atoms with van der Waals surface area (Å²) in [4.78, 5) is 0.0933. The Morgan fingerprint density at radius 1 is 1.36 bits per heavy atom. The van der Waals surface area contributed by atoms with Crippen LogP contribution in [0.4, 0.5) is 5.69 Å². The van der Waals surface area contributed by atoms with Crippen molar-refractivity contribution in [3.8, 4) is 5.88 Å². The zero-order chi connectivity index (χ0) is 15.6. The van der Waals surface area contributed by atoms with Crippen molar-refractivity contribution in [2.45, 2.75) is 17.4 Å². The van der Waals surface area contributed by atoms with Crippen LogP contribution in [-0.2, 0) is 14.8 Å². The van der Waals surface area contributed by atoms with Crippen molar-refractivity contribution in [2.24, 2.45) is 0 Å². The molecule has 118 valence electrons. The first kappa shape index (κ1) is 15.3. The Balaban J connectivity index is 2.09. The summed E-state index contributed by atoms with van der Waals surface area (Å²) in [6, 6.07) is 8.82. The first-order chi connectivity index (χ1) is 10.6. The molecular formula is C14H16N2O4S2. The van der Waals surface area contributed by atoms with Crippen LogP contribution in [0.25, 0.3) is 0 Å². The standard InChI is InChI=1S/C14H16N2O4S2/c1-19-14-13(10-21-15-14)22(17,18)16(12-7-8-20-9-12)11-5-3-2-4-6-11/h2-6,10,12H,7-9H2,1H3. The second-order valence-corrected chi connectivity index (χ2v) is 7.25. The predicted molar refractivity (Wildman–Crippen MR) is 84.0 cm³/mol. The average Bonchev–Trinajstić information content (AvgIpc) is 3.19. The molecule has 1 fully saturated rings. The third kappa shape index (κ3) is 2.69. The Labute approximate surface area is 133 Å². The number of aromatic nitrogens is 1. The highest BCUT2D eigenvalue weighted by molar-refractivity contribution is 7.93. The first-order valence-corrected chi connectivity index (χ1v) is 9.08. The van der Waals surface area contributed by atoms with Gasteiger partial charge in [-0.05, 0) is 30.1 Å². The lowest BCUT2D eigenvalue weighted by atomic mass is 10.2. The molecule has 8 heteroatoms. The summed E-state index contributed by atoms with van der Waals surface area (Å²) < 4.78 is 42.1. The van der Waals surface area contributed by atoms with Gasteiger partial charge in [-0.1, -0.05) is 18.2 Å². The molecule has 1 aromatic carbocycles. The van der Waals surface area contributed by atoms with Crippen LogP contribution in [0.3, 0.4) is 0 Å². The lowest BCUT2D eigenvalue weighted by Gasteiger charge is -2.29. The van der Waals surface area contributed by atoms with E-state index in [0.717, 1.165) is 11.5 Å². The van der Waals surface area contributed by atoms with E-state index in [0.29, 0.717) is 25.3 Å². The van der Waals surface area contributed by atoms with Crippen molar-refractivity contribution >= 4 is 27.2 Å². The molecule has 0 saturated carbocycles. The number of anilines is 1. The van der Waals surface area contributed by atoms with E-state index in [9.17, 15) is 8.42 Å². The zero-order valence-corrected chi connectivity index (χ0v) is 13.6. The van der Waals surface area contributed by atoms with Gasteiger partial charge in [-0.3, -0.25) is 4.31 Å². The maximum Gasteiger partial charge on any atom is 0.270 e. The fraction of sp³-hybridized carbons (Fsp3) is 0.357. The van der Waals surface area contributed by atoms with Gasteiger partial charge in [0.25, 0.3) is 10.0 Å². The molecule has 0 N–H and O–H groups in total. The molecule has 2 aromatic rings. The van der Waals surface area contributed by atoms with E-state index in [2.05, 4.69) is 4.37 Å². The molecule has 1 aliphatic rings. The highest BCUT2D eigenvalue weighted by Gasteiger charge is 2.36. The summed E-state index contributed by atoms with van der Waals surface area (Å²) in [7, 11) is -2.34. The van der Waals surface area contributed by atoms with E-state index in [1.807, 2.05) is 18.2 Å². The molecule has 0 aliphatic carbocycles. The lowest BCUT2D eigenvalue weighted by Crippen LogP contribution is -2.40. The summed E-state index contributed by atoms with van der Waals surface area (Å²) >= 11 is 1.06. The van der Waals surface area contributed by atoms with Crippen molar-refractivity contribution < 1.29 is 17.9 Å². The summed E-state index contributed by atoms with van der Waals surface area (Å²) in [5.41, 5.74) is 0.617. The minimum Gasteiger partial charge on any atom is -0.479 e. The molecule has 22 heavy (non-hydrogen) atoms. The van der Waals surface area contributed by atoms with Crippen molar-refractivity contribution in [1.29, 1.82) is 0 Å². The van der Waals surface area contributed by atoms with E-state index < -0.39 is 10.0 Å². The molecular weight excluding hydrogens is 324 g/mol. The van der Waals surface area contributed by atoms with Crippen LogP contribution < -0.4 is 9.04 Å². The maximum atomic E-state index is 13.1. The van der Waals surface area contributed by atoms with E-state index >= 15 is 0 Å². The topological polar surface area (TPSA) is 68.7 Å². The van der Waals surface area contributed by atoms with E-state index in [4.69, 9.17) is 9.47 Å². The molecule has 1 saturated heterocycles. The van der Waals surface area contributed by atoms with Gasteiger partial charge >= 0.3 is 0 Å². The van der Waals surface area contributed by atoms with Crippen LogP contribution in [-0.4, -0.2) is 39.2 Å². The van der Waals surface area contributed by atoms with E-state index in [-0.39, 0.29) is 16.8 Å². The highest BCUT2D eigenvalue weighted by atomic mass is 32.2. The molecule has 1 atom stereocenters. The summed E-state index contributed by atoms with van der Waals surface area (Å²) in [5, 5.41) is 1.50. The number of nitrogens with zero attached hydrogens (tertiary/aromatic N) is 2. The third-order valence-electron chi connectivity index (χ3n) is 3.48. The molecule has 0 radical (unpaired) electrons. The van der Waals surface area contributed by atoms with Gasteiger partial charge in [0.2, 0.25) is 5.88 Å². The van der Waals surface area contributed by atoms with Crippen molar-refractivity contribution in [2.75, 3.05) is 24.6 Å². The van der Waals surface area contributed by atoms with Gasteiger partial charge in [-0.15, -0.1) is 0 Å². The predicted octanol–water partition coefficient (Wildman–Crippen LogP) is 2.14. The Morgan fingerprint density at radius 2 is 2.14 bits per heavy atom. The van der Waals surface area contributed by atoms with Gasteiger partial charge in [0.1, 0.15) is 0 Å². The fourth-order valence-electron chi connectivity index (χ4n) is 2.46. The number of sulfonamides is 1. The van der Waals surface area contributed by atoms with Crippen molar-refractivity contribution in [1.82, 2.24) is 4.37 Å². The highest BCUT2D eigenvalue weighted by Crippen LogP contribution is 2.33. The number of para-hydroxylation sites is 1. The largest absolute Gasteiger partial charge is 0.479 e. The molecule has 6 nitrogen and oxygen atoms in total. The van der Waals surface area contributed by atoms with E-state index in [1.54, 1.807) is 12.1 Å². The third-order valence-corrected chi connectivity index (χ3v) is 6.12. The summed E-state index contributed by atoms with van der Waals surface area (Å²) in [6.45, 7) is 0.941. The Morgan fingerprint density at radius 3 is 2.77 bits per heavy atom. The van der Waals surface area contributed by atoms with Crippen LogP contribution in [0.15, 0.2) is 40.6 Å². The summed E-state index contributed by atoms with van der Waals surface area (Å²) in [5.74, 6) is 0.129. The van der Waals surface area contributed by atoms with Gasteiger partial charge in [-0.25, -0.2) is 8.42 Å². The minimum absolute atomic E-state index is 0.0933. The minimum atomic E-state index is -3.76. The van der Waals surface area contributed by atoms with Gasteiger partial charge in [0.15, 0.2) is 4.90 Å². The van der Waals surface area contributed by atoms with Crippen LogP contribution in [0.2, 0.25) is 0 Å². The average molecular weight is 340 g/mol. The smallest absolute Gasteiger partial charge is 0.270 e. The molecule has 3 rings (SSSR count). The van der Waals surface area contributed by atoms with Crippen molar-refractivity contribution in [3.05, 3.63) is 35.7 Å². The molecule has 1 aliphatic heterocycles. The van der Waals surface area contributed by atoms with Gasteiger partial charge in [0, 0.05) is 12.0 Å². The monoisotopic (exact) mass is 340 g/mol. The zero-order valence-electron chi connectivity index (χ0n) is 12.0. The van der Waals surface area contributed by atoms with Crippen LogP contribution >= 0.6 is 11.5 Å². The lowest BCUT2D eigenvalue weighted by molar-refractivity contribution is 0.194. The van der Waals surface area contributed by atoms with Crippen LogP contribution in [0.1, 0.15) is 6.42 Å². The van der Waals surface area contributed by atoms with Crippen molar-refractivity contribution in [3.63, 3.8) is 0 Å². The van der Waals surface area contributed by atoms with Gasteiger partial charge < -0.3 is 9.47 Å². The molecule has 1 aromatic heterocycles. The summed E-state index contributed by atoms with van der Waals surface area (Å²) in [6.07, 6.45) is 0.661. The van der Waals surface area contributed by atoms with Gasteiger partial charge in [-0.2, -0.15) is 4.37 Å². The first-order valence-electron chi connectivity index (χ1n) is 6.80. The fourth-order valence-corrected chi connectivity index (χ4v) is 5.17. The van der Waals surface area contributed by atoms with Gasteiger partial charge in [0.05, 0.1) is 25.4 Å². The van der Waals surface area contributed by atoms with E-state index in [1.165, 1.54) is 16.8 Å². The normalized spacial score (nSPS) is 18.3. The second kappa shape index (κ2) is 6.23. The van der Waals surface area contributed by atoms with Crippen LogP contribution in [0, 0.1) is 0 Å². The molecule has 1 unspecified atom stereocenters. The number of hydrogen-bond donors (Lipinski definition) is 0. The quantitative estimate of drug-likeness (QED) is 0.834. The molecule has 0 amide bonds. The second-order valence-electron chi connectivity index (χ2n) is 4.84. The number of ether oxygens (including phenoxy) is 2. The Bertz CT molecular complexity index is 724. The number of hydrogen-bond acceptors (Lipinski definition) is 6. The molecule has 2 heterocycles. The maximum absolute atomic E-state index is 13.1. The van der Waals surface area contributed by atoms with Crippen LogP contribution in [0.5, 0.6) is 5.88 Å². The SMILES string of the molecule is COc1nscc1S(=O)(=O)N(c1ccccc1)C1CCOC1.